The van der Waals surface area contributed by atoms with Crippen LogP contribution in [-0.4, -0.2) is 45.0 Å². The maximum absolute atomic E-state index is 11.0. The molecule has 0 aliphatic carbocycles. The van der Waals surface area contributed by atoms with Crippen LogP contribution in [0.15, 0.2) is 24.3 Å². The first-order chi connectivity index (χ1) is 12.6. The summed E-state index contributed by atoms with van der Waals surface area (Å²) in [5.41, 5.74) is 1.06. The summed E-state index contributed by atoms with van der Waals surface area (Å²) in [4.78, 5) is 10.6. The van der Waals surface area contributed by atoms with Crippen LogP contribution in [-0.2, 0) is 10.9 Å². The minimum absolute atomic E-state index is 0.131. The van der Waals surface area contributed by atoms with Crippen LogP contribution < -0.4 is 0 Å². The van der Waals surface area contributed by atoms with Gasteiger partial charge in [-0.15, -0.1) is 0 Å². The summed E-state index contributed by atoms with van der Waals surface area (Å²) in [6.07, 6.45) is 0.661. The second kappa shape index (κ2) is 11.1. The minimum atomic E-state index is -0.929. The third kappa shape index (κ3) is 7.11. The predicted octanol–water partition coefficient (Wildman–Crippen LogP) is 5.62. The molecule has 7 heteroatoms. The number of nitro benzene ring substituents is 1. The van der Waals surface area contributed by atoms with Gasteiger partial charge >= 0.3 is 0 Å². The zero-order valence-corrected chi connectivity index (χ0v) is 18.9. The van der Waals surface area contributed by atoms with Crippen molar-refractivity contribution in [1.29, 1.82) is 0 Å². The fourth-order valence-electron chi connectivity index (χ4n) is 3.31. The van der Waals surface area contributed by atoms with Crippen molar-refractivity contribution in [2.24, 2.45) is 0 Å². The Labute approximate surface area is 166 Å². The van der Waals surface area contributed by atoms with Gasteiger partial charge in [0.05, 0.1) is 11.5 Å². The molecule has 0 saturated carbocycles. The Morgan fingerprint density at radius 3 is 1.85 bits per heavy atom. The molecule has 0 saturated heterocycles. The second-order valence-electron chi connectivity index (χ2n) is 7.90. The van der Waals surface area contributed by atoms with Gasteiger partial charge in [-0.1, -0.05) is 12.1 Å². The normalized spacial score (nSPS) is 12.6. The van der Waals surface area contributed by atoms with Gasteiger partial charge in [0.1, 0.15) is 0 Å². The topological polar surface area (TPSA) is 58.9 Å². The SMILES string of the molecule is CC(C)N(C(C)C)P(OCCc1cccc([N+](=O)[O-])c1)N(C(C)C)C(C)C. The maximum atomic E-state index is 11.0. The number of hydrogen-bond donors (Lipinski definition) is 0. The van der Waals surface area contributed by atoms with E-state index in [4.69, 9.17) is 4.52 Å². The van der Waals surface area contributed by atoms with Crippen LogP contribution in [0.5, 0.6) is 0 Å². The van der Waals surface area contributed by atoms with Crippen molar-refractivity contribution in [2.75, 3.05) is 6.61 Å². The van der Waals surface area contributed by atoms with E-state index in [9.17, 15) is 10.1 Å². The second-order valence-corrected chi connectivity index (χ2v) is 9.59. The lowest BCUT2D eigenvalue weighted by Crippen LogP contribution is -2.43. The number of non-ortho nitro benzene ring substituents is 1. The first-order valence-electron chi connectivity index (χ1n) is 9.79. The number of nitrogens with zero attached hydrogens (tertiary/aromatic N) is 3. The smallest absolute Gasteiger partial charge is 0.269 e. The van der Waals surface area contributed by atoms with Crippen molar-refractivity contribution >= 4 is 14.1 Å². The van der Waals surface area contributed by atoms with E-state index in [0.29, 0.717) is 37.2 Å². The van der Waals surface area contributed by atoms with E-state index in [1.807, 2.05) is 6.07 Å². The van der Waals surface area contributed by atoms with E-state index in [2.05, 4.69) is 64.7 Å². The molecule has 6 nitrogen and oxygen atoms in total. The van der Waals surface area contributed by atoms with Crippen LogP contribution >= 0.6 is 8.45 Å². The summed E-state index contributed by atoms with van der Waals surface area (Å²) in [6.45, 7) is 18.2. The summed E-state index contributed by atoms with van der Waals surface area (Å²) < 4.78 is 11.4. The highest BCUT2D eigenvalue weighted by molar-refractivity contribution is 7.47. The molecule has 0 atom stereocenters. The van der Waals surface area contributed by atoms with Crippen molar-refractivity contribution in [3.05, 3.63) is 39.9 Å². The van der Waals surface area contributed by atoms with Crippen LogP contribution in [0.1, 0.15) is 61.0 Å². The fourth-order valence-corrected chi connectivity index (χ4v) is 5.65. The van der Waals surface area contributed by atoms with E-state index < -0.39 is 8.45 Å². The van der Waals surface area contributed by atoms with Crippen molar-refractivity contribution in [3.8, 4) is 0 Å². The Bertz CT molecular complexity index is 558. The molecular formula is C20H36N3O3P. The van der Waals surface area contributed by atoms with Crippen LogP contribution in [0.25, 0.3) is 0 Å². The van der Waals surface area contributed by atoms with Gasteiger partial charge in [-0.05, 0) is 67.4 Å². The molecular weight excluding hydrogens is 361 g/mol. The summed E-state index contributed by atoms with van der Waals surface area (Å²) in [7, 11) is -0.929. The first kappa shape index (κ1) is 24.0. The van der Waals surface area contributed by atoms with Gasteiger partial charge < -0.3 is 4.52 Å². The highest BCUT2D eigenvalue weighted by atomic mass is 31.2. The van der Waals surface area contributed by atoms with Gasteiger partial charge in [0, 0.05) is 36.3 Å². The Morgan fingerprint density at radius 2 is 1.44 bits per heavy atom. The molecule has 1 rings (SSSR count). The minimum Gasteiger partial charge on any atom is -0.331 e. The van der Waals surface area contributed by atoms with E-state index in [1.54, 1.807) is 12.1 Å². The molecule has 0 radical (unpaired) electrons. The third-order valence-electron chi connectivity index (χ3n) is 4.23. The number of rotatable bonds is 11. The predicted molar refractivity (Wildman–Crippen MR) is 114 cm³/mol. The molecule has 0 aliphatic heterocycles. The van der Waals surface area contributed by atoms with Crippen LogP contribution in [0.3, 0.4) is 0 Å². The van der Waals surface area contributed by atoms with Crippen molar-refractivity contribution < 1.29 is 9.45 Å². The zero-order valence-electron chi connectivity index (χ0n) is 18.0. The van der Waals surface area contributed by atoms with Gasteiger partial charge in [0.25, 0.3) is 5.69 Å². The van der Waals surface area contributed by atoms with Gasteiger partial charge in [0.15, 0.2) is 8.45 Å². The van der Waals surface area contributed by atoms with Crippen LogP contribution in [0.2, 0.25) is 0 Å². The van der Waals surface area contributed by atoms with Gasteiger partial charge in [-0.25, -0.2) is 9.34 Å². The molecule has 0 unspecified atom stereocenters. The average molecular weight is 398 g/mol. The van der Waals surface area contributed by atoms with Gasteiger partial charge in [-0.2, -0.15) is 0 Å². The third-order valence-corrected chi connectivity index (χ3v) is 7.28. The highest BCUT2D eigenvalue weighted by Crippen LogP contribution is 2.50. The summed E-state index contributed by atoms with van der Waals surface area (Å²) >= 11 is 0. The molecule has 0 heterocycles. The average Bonchev–Trinajstić information content (AvgIpc) is 2.53. The van der Waals surface area contributed by atoms with Crippen molar-refractivity contribution in [2.45, 2.75) is 86.0 Å². The van der Waals surface area contributed by atoms with Gasteiger partial charge in [-0.3, -0.25) is 10.1 Å². The molecule has 0 spiro atoms. The lowest BCUT2D eigenvalue weighted by molar-refractivity contribution is -0.384. The van der Waals surface area contributed by atoms with Gasteiger partial charge in [0.2, 0.25) is 0 Å². The number of hydrogen-bond acceptors (Lipinski definition) is 5. The molecule has 27 heavy (non-hydrogen) atoms. The number of benzene rings is 1. The molecule has 0 amide bonds. The Morgan fingerprint density at radius 1 is 0.963 bits per heavy atom. The summed E-state index contributed by atoms with van der Waals surface area (Å²) in [5, 5.41) is 11.0. The standard InChI is InChI=1S/C20H36N3O3P/c1-15(2)21(16(3)4)27(22(17(5)6)18(7)8)26-13-12-19-10-9-11-20(14-19)23(24)25/h9-11,14-18H,12-13H2,1-8H3. The molecule has 0 N–H and O–H groups in total. The molecule has 0 aliphatic rings. The van der Waals surface area contributed by atoms with E-state index >= 15 is 0 Å². The van der Waals surface area contributed by atoms with E-state index in [-0.39, 0.29) is 10.6 Å². The monoisotopic (exact) mass is 397 g/mol. The molecule has 0 bridgehead atoms. The largest absolute Gasteiger partial charge is 0.331 e. The highest BCUT2D eigenvalue weighted by Gasteiger charge is 2.34. The van der Waals surface area contributed by atoms with Crippen molar-refractivity contribution in [1.82, 2.24) is 9.34 Å². The molecule has 154 valence electrons. The van der Waals surface area contributed by atoms with Crippen LogP contribution in [0.4, 0.5) is 5.69 Å². The molecule has 0 fully saturated rings. The quantitative estimate of drug-likeness (QED) is 0.276. The summed E-state index contributed by atoms with van der Waals surface area (Å²) in [6, 6.07) is 8.29. The Hall–Kier alpha value is -1.07. The summed E-state index contributed by atoms with van der Waals surface area (Å²) in [5.74, 6) is 0. The van der Waals surface area contributed by atoms with Crippen LogP contribution in [0, 0.1) is 10.1 Å². The number of nitro groups is 1. The van der Waals surface area contributed by atoms with Crippen molar-refractivity contribution in [3.63, 3.8) is 0 Å². The molecule has 1 aromatic rings. The maximum Gasteiger partial charge on any atom is 0.269 e. The molecule has 1 aromatic carbocycles. The molecule has 0 aromatic heterocycles. The fraction of sp³-hybridized carbons (Fsp3) is 0.700. The Balaban J connectivity index is 2.97. The Kier molecular flexibility index (Phi) is 9.82. The zero-order chi connectivity index (χ0) is 20.7. The lowest BCUT2D eigenvalue weighted by Gasteiger charge is -2.45. The van der Waals surface area contributed by atoms with E-state index in [1.165, 1.54) is 6.07 Å². The lowest BCUT2D eigenvalue weighted by atomic mass is 10.1. The van der Waals surface area contributed by atoms with E-state index in [0.717, 1.165) is 5.56 Å². The first-order valence-corrected chi connectivity index (χ1v) is 11.0.